The number of benzene rings is 3. The zero-order valence-corrected chi connectivity index (χ0v) is 26.6. The van der Waals surface area contributed by atoms with Crippen molar-refractivity contribution in [1.29, 1.82) is 0 Å². The first-order chi connectivity index (χ1) is 22.1. The minimum atomic E-state index is -0.707. The van der Waals surface area contributed by atoms with E-state index in [9.17, 15) is 0 Å². The Kier molecular flexibility index (Phi) is 11.0. The van der Waals surface area contributed by atoms with Crippen LogP contribution >= 0.6 is 0 Å². The SMILES string of the molecule is CCC1O[C@H](O[C@@H]2C(C)[C@@H](OC)OC3COC(c4ccccc4)O[C@H]32)C(OCc2ccccc2)[C@@H](OCc2ccccc2)[C@@H]1C. The highest BCUT2D eigenvalue weighted by Crippen LogP contribution is 2.41. The molecule has 3 aliphatic heterocycles. The van der Waals surface area contributed by atoms with Gasteiger partial charge in [-0.15, -0.1) is 0 Å². The van der Waals surface area contributed by atoms with Crippen molar-refractivity contribution in [3.05, 3.63) is 108 Å². The third-order valence-corrected chi connectivity index (χ3v) is 9.21. The molecule has 3 fully saturated rings. The summed E-state index contributed by atoms with van der Waals surface area (Å²) in [7, 11) is 1.65. The summed E-state index contributed by atoms with van der Waals surface area (Å²) in [6, 6.07) is 30.3. The molecule has 3 aromatic carbocycles. The number of hydrogen-bond acceptors (Lipinski definition) is 8. The maximum absolute atomic E-state index is 7.03. The molecule has 6 rings (SSSR count). The maximum Gasteiger partial charge on any atom is 0.187 e. The van der Waals surface area contributed by atoms with Gasteiger partial charge in [0.15, 0.2) is 18.9 Å². The van der Waals surface area contributed by atoms with Gasteiger partial charge < -0.3 is 37.9 Å². The third-order valence-electron chi connectivity index (χ3n) is 9.21. The normalized spacial score (nSPS) is 35.1. The van der Waals surface area contributed by atoms with E-state index in [-0.39, 0.29) is 30.1 Å². The molecule has 8 heteroatoms. The molecular weight excluding hydrogens is 572 g/mol. The molecule has 5 unspecified atom stereocenters. The average Bonchev–Trinajstić information content (AvgIpc) is 3.09. The summed E-state index contributed by atoms with van der Waals surface area (Å²) in [6.45, 7) is 7.61. The molecule has 0 radical (unpaired) electrons. The topological polar surface area (TPSA) is 73.8 Å². The van der Waals surface area contributed by atoms with E-state index in [1.165, 1.54) is 0 Å². The van der Waals surface area contributed by atoms with Gasteiger partial charge in [0, 0.05) is 24.5 Å². The third kappa shape index (κ3) is 7.50. The molecule has 0 spiro atoms. The smallest absolute Gasteiger partial charge is 0.187 e. The molecule has 0 aromatic heterocycles. The first-order valence-electron chi connectivity index (χ1n) is 16.2. The van der Waals surface area contributed by atoms with E-state index in [2.05, 4.69) is 45.0 Å². The minimum absolute atomic E-state index is 0.0766. The maximum atomic E-state index is 7.03. The van der Waals surface area contributed by atoms with Gasteiger partial charge in [0.05, 0.1) is 38.1 Å². The molecule has 3 heterocycles. The van der Waals surface area contributed by atoms with Crippen molar-refractivity contribution in [2.45, 2.75) is 95.9 Å². The Balaban J connectivity index is 1.28. The minimum Gasteiger partial charge on any atom is -0.370 e. The van der Waals surface area contributed by atoms with Crippen LogP contribution in [0.1, 0.15) is 50.2 Å². The Morgan fingerprint density at radius 2 is 1.27 bits per heavy atom. The highest BCUT2D eigenvalue weighted by Gasteiger charge is 2.53. The largest absolute Gasteiger partial charge is 0.370 e. The van der Waals surface area contributed by atoms with Crippen molar-refractivity contribution in [2.75, 3.05) is 13.7 Å². The lowest BCUT2D eigenvalue weighted by Crippen LogP contribution is -2.63. The molecule has 0 aliphatic carbocycles. The monoisotopic (exact) mass is 618 g/mol. The van der Waals surface area contributed by atoms with E-state index in [1.54, 1.807) is 7.11 Å². The molecular formula is C37H46O8. The highest BCUT2D eigenvalue weighted by molar-refractivity contribution is 5.17. The van der Waals surface area contributed by atoms with E-state index in [1.807, 2.05) is 66.7 Å². The summed E-state index contributed by atoms with van der Waals surface area (Å²) in [5, 5.41) is 0. The molecule has 0 bridgehead atoms. The predicted octanol–water partition coefficient (Wildman–Crippen LogP) is 6.44. The summed E-state index contributed by atoms with van der Waals surface area (Å²) < 4.78 is 52.0. The van der Waals surface area contributed by atoms with Crippen molar-refractivity contribution < 1.29 is 37.9 Å². The van der Waals surface area contributed by atoms with Crippen LogP contribution < -0.4 is 0 Å². The van der Waals surface area contributed by atoms with Crippen LogP contribution in [-0.4, -0.2) is 62.9 Å². The van der Waals surface area contributed by atoms with Crippen molar-refractivity contribution in [2.24, 2.45) is 11.8 Å². The van der Waals surface area contributed by atoms with Crippen LogP contribution in [0.15, 0.2) is 91.0 Å². The van der Waals surface area contributed by atoms with Crippen LogP contribution in [0, 0.1) is 11.8 Å². The lowest BCUT2D eigenvalue weighted by atomic mass is 9.88. The summed E-state index contributed by atoms with van der Waals surface area (Å²) in [5.74, 6) is -0.0834. The summed E-state index contributed by atoms with van der Waals surface area (Å²) >= 11 is 0. The van der Waals surface area contributed by atoms with Gasteiger partial charge in [0.2, 0.25) is 0 Å². The van der Waals surface area contributed by atoms with Gasteiger partial charge in [-0.3, -0.25) is 0 Å². The van der Waals surface area contributed by atoms with E-state index < -0.39 is 37.2 Å². The molecule has 45 heavy (non-hydrogen) atoms. The molecule has 3 saturated heterocycles. The van der Waals surface area contributed by atoms with Gasteiger partial charge in [-0.2, -0.15) is 0 Å². The van der Waals surface area contributed by atoms with Gasteiger partial charge in [-0.25, -0.2) is 0 Å². The zero-order chi connectivity index (χ0) is 31.2. The second-order valence-electron chi connectivity index (χ2n) is 12.2. The fourth-order valence-electron chi connectivity index (χ4n) is 6.68. The van der Waals surface area contributed by atoms with Crippen molar-refractivity contribution in [3.63, 3.8) is 0 Å². The molecule has 0 saturated carbocycles. The van der Waals surface area contributed by atoms with Crippen LogP contribution in [0.3, 0.4) is 0 Å². The molecule has 242 valence electrons. The highest BCUT2D eigenvalue weighted by atomic mass is 16.8. The van der Waals surface area contributed by atoms with Gasteiger partial charge in [0.25, 0.3) is 0 Å². The Morgan fingerprint density at radius 1 is 0.667 bits per heavy atom. The fourth-order valence-corrected chi connectivity index (χ4v) is 6.68. The Bertz CT molecular complexity index is 1290. The second kappa shape index (κ2) is 15.3. The first-order valence-corrected chi connectivity index (χ1v) is 16.2. The molecule has 3 aromatic rings. The summed E-state index contributed by atoms with van der Waals surface area (Å²) in [6.07, 6.45) is -2.95. The molecule has 0 N–H and O–H groups in total. The number of ether oxygens (including phenoxy) is 8. The summed E-state index contributed by atoms with van der Waals surface area (Å²) in [5.41, 5.74) is 3.12. The number of methoxy groups -OCH3 is 1. The zero-order valence-electron chi connectivity index (χ0n) is 26.6. The molecule has 11 atom stereocenters. The second-order valence-corrected chi connectivity index (χ2v) is 12.2. The van der Waals surface area contributed by atoms with Gasteiger partial charge in [0.1, 0.15) is 18.3 Å². The lowest BCUT2D eigenvalue weighted by molar-refractivity contribution is -0.384. The van der Waals surface area contributed by atoms with E-state index >= 15 is 0 Å². The molecule has 3 aliphatic rings. The van der Waals surface area contributed by atoms with Crippen LogP contribution in [0.2, 0.25) is 0 Å². The van der Waals surface area contributed by atoms with Crippen molar-refractivity contribution in [1.82, 2.24) is 0 Å². The predicted molar refractivity (Wildman–Crippen MR) is 168 cm³/mol. The van der Waals surface area contributed by atoms with E-state index in [4.69, 9.17) is 37.9 Å². The Labute approximate surface area is 266 Å². The first kappa shape index (κ1) is 32.3. The van der Waals surface area contributed by atoms with Crippen molar-refractivity contribution >= 4 is 0 Å². The lowest BCUT2D eigenvalue weighted by Gasteiger charge is -2.51. The van der Waals surface area contributed by atoms with Crippen LogP contribution in [-0.2, 0) is 51.1 Å². The number of hydrogen-bond donors (Lipinski definition) is 0. The molecule has 0 amide bonds. The Hall–Kier alpha value is -2.66. The van der Waals surface area contributed by atoms with E-state index in [0.29, 0.717) is 19.8 Å². The number of rotatable bonds is 11. The molecule has 8 nitrogen and oxygen atoms in total. The fraction of sp³-hybridized carbons (Fsp3) is 0.514. The Morgan fingerprint density at radius 3 is 1.87 bits per heavy atom. The van der Waals surface area contributed by atoms with Gasteiger partial charge in [-0.1, -0.05) is 112 Å². The average molecular weight is 619 g/mol. The van der Waals surface area contributed by atoms with Crippen LogP contribution in [0.5, 0.6) is 0 Å². The number of fused-ring (bicyclic) bond motifs is 1. The van der Waals surface area contributed by atoms with Gasteiger partial charge >= 0.3 is 0 Å². The van der Waals surface area contributed by atoms with E-state index in [0.717, 1.165) is 23.1 Å². The summed E-state index contributed by atoms with van der Waals surface area (Å²) in [4.78, 5) is 0. The van der Waals surface area contributed by atoms with Crippen LogP contribution in [0.4, 0.5) is 0 Å². The standard InChI is InChI=1S/C37H46O8/c1-5-29-24(2)31(39-21-26-15-9-6-10-16-26)34(40-22-27-17-11-7-12-18-27)37(42-29)44-32-25(3)35(38-4)43-30-23-41-36(45-33(30)32)28-19-13-8-14-20-28/h6-20,24-25,29-37H,5,21-23H2,1-4H3/t24-,25?,29?,30?,31+,32-,33-,34?,35+,36?,37-/m1/s1. The van der Waals surface area contributed by atoms with Crippen molar-refractivity contribution in [3.8, 4) is 0 Å². The van der Waals surface area contributed by atoms with Gasteiger partial charge in [-0.05, 0) is 17.5 Å². The van der Waals surface area contributed by atoms with Crippen LogP contribution in [0.25, 0.3) is 0 Å². The quantitative estimate of drug-likeness (QED) is 0.243.